The van der Waals surface area contributed by atoms with Gasteiger partial charge in [-0.2, -0.15) is 0 Å². The van der Waals surface area contributed by atoms with E-state index in [2.05, 4.69) is 10.6 Å². The zero-order valence-corrected chi connectivity index (χ0v) is 17.7. The molecule has 31 heavy (non-hydrogen) atoms. The predicted octanol–water partition coefficient (Wildman–Crippen LogP) is 2.77. The first-order valence-corrected chi connectivity index (χ1v) is 10.5. The predicted molar refractivity (Wildman–Crippen MR) is 115 cm³/mol. The summed E-state index contributed by atoms with van der Waals surface area (Å²) in [6, 6.07) is 17.0. The van der Waals surface area contributed by atoms with Crippen LogP contribution in [0.1, 0.15) is 38.4 Å². The number of hydrogen-bond donors (Lipinski definition) is 2. The largest absolute Gasteiger partial charge is 0.484 e. The summed E-state index contributed by atoms with van der Waals surface area (Å²) in [5, 5.41) is 5.55. The number of rotatable bonds is 10. The van der Waals surface area contributed by atoms with E-state index in [1.54, 1.807) is 62.4 Å². The lowest BCUT2D eigenvalue weighted by Gasteiger charge is -2.24. The van der Waals surface area contributed by atoms with Gasteiger partial charge in [0.25, 0.3) is 11.8 Å². The zero-order chi connectivity index (χ0) is 22.2. The standard InChI is InChI=1S/C24H28N2O5/c1-16(2)21(26-20(27)15-30-19-11-7-4-8-12-19)24(29)31-22(17-9-5-3-6-10-17)23(28)25-18-13-14-18/h3-12,16,18,21-22H,13-15H2,1-2H3,(H,25,28)(H,26,27)/t21-,22+/m0/s1. The van der Waals surface area contributed by atoms with Crippen LogP contribution in [0.25, 0.3) is 0 Å². The molecule has 0 aromatic heterocycles. The Balaban J connectivity index is 1.64. The van der Waals surface area contributed by atoms with Crippen LogP contribution in [0.15, 0.2) is 60.7 Å². The summed E-state index contributed by atoms with van der Waals surface area (Å²) in [5.74, 6) is -1.15. The van der Waals surface area contributed by atoms with Crippen molar-refractivity contribution in [3.05, 3.63) is 66.2 Å². The Labute approximate surface area is 182 Å². The van der Waals surface area contributed by atoms with Crippen LogP contribution in [0.5, 0.6) is 5.75 Å². The molecule has 0 aliphatic heterocycles. The minimum absolute atomic E-state index is 0.133. The molecule has 164 valence electrons. The van der Waals surface area contributed by atoms with Crippen molar-refractivity contribution in [1.29, 1.82) is 0 Å². The van der Waals surface area contributed by atoms with Crippen LogP contribution in [0.2, 0.25) is 0 Å². The van der Waals surface area contributed by atoms with Crippen molar-refractivity contribution >= 4 is 17.8 Å². The highest BCUT2D eigenvalue weighted by Crippen LogP contribution is 2.24. The first-order valence-electron chi connectivity index (χ1n) is 10.5. The fraction of sp³-hybridized carbons (Fsp3) is 0.375. The number of benzene rings is 2. The van der Waals surface area contributed by atoms with E-state index < -0.39 is 24.0 Å². The summed E-state index contributed by atoms with van der Waals surface area (Å²) in [5.41, 5.74) is 0.579. The molecule has 1 aliphatic carbocycles. The molecule has 2 atom stereocenters. The fourth-order valence-electron chi connectivity index (χ4n) is 2.97. The van der Waals surface area contributed by atoms with Crippen molar-refractivity contribution in [2.45, 2.75) is 44.9 Å². The van der Waals surface area contributed by atoms with E-state index in [1.807, 2.05) is 12.1 Å². The number of nitrogens with one attached hydrogen (secondary N) is 2. The van der Waals surface area contributed by atoms with E-state index in [9.17, 15) is 14.4 Å². The Hall–Kier alpha value is -3.35. The molecule has 1 saturated carbocycles. The molecule has 0 heterocycles. The molecule has 2 N–H and O–H groups in total. The van der Waals surface area contributed by atoms with Crippen LogP contribution in [-0.4, -0.2) is 36.5 Å². The highest BCUT2D eigenvalue weighted by molar-refractivity contribution is 5.89. The van der Waals surface area contributed by atoms with Gasteiger partial charge in [0.2, 0.25) is 6.10 Å². The van der Waals surface area contributed by atoms with Gasteiger partial charge in [-0.15, -0.1) is 0 Å². The molecule has 7 nitrogen and oxygen atoms in total. The molecule has 2 aromatic rings. The van der Waals surface area contributed by atoms with Gasteiger partial charge in [0.15, 0.2) is 6.61 Å². The molecule has 0 unspecified atom stereocenters. The Kier molecular flexibility index (Phi) is 7.65. The molecule has 2 amide bonds. The number of esters is 1. The molecule has 7 heteroatoms. The molecule has 1 aliphatic rings. The minimum atomic E-state index is -1.08. The first kappa shape index (κ1) is 22.3. The average molecular weight is 424 g/mol. The quantitative estimate of drug-likeness (QED) is 0.572. The Bertz CT molecular complexity index is 881. The maximum Gasteiger partial charge on any atom is 0.330 e. The van der Waals surface area contributed by atoms with Crippen molar-refractivity contribution < 1.29 is 23.9 Å². The number of para-hydroxylation sites is 1. The third-order valence-corrected chi connectivity index (χ3v) is 4.85. The monoisotopic (exact) mass is 424 g/mol. The van der Waals surface area contributed by atoms with Gasteiger partial charge >= 0.3 is 5.97 Å². The van der Waals surface area contributed by atoms with Gasteiger partial charge < -0.3 is 20.1 Å². The molecular weight excluding hydrogens is 396 g/mol. The topological polar surface area (TPSA) is 93.7 Å². The van der Waals surface area contributed by atoms with Crippen LogP contribution in [0, 0.1) is 5.92 Å². The van der Waals surface area contributed by atoms with Crippen LogP contribution < -0.4 is 15.4 Å². The molecule has 0 saturated heterocycles. The van der Waals surface area contributed by atoms with Gasteiger partial charge in [-0.3, -0.25) is 9.59 Å². The lowest BCUT2D eigenvalue weighted by Crippen LogP contribution is -2.48. The minimum Gasteiger partial charge on any atom is -0.484 e. The molecular formula is C24H28N2O5. The van der Waals surface area contributed by atoms with Gasteiger partial charge in [-0.25, -0.2) is 4.79 Å². The van der Waals surface area contributed by atoms with E-state index in [0.717, 1.165) is 12.8 Å². The summed E-state index contributed by atoms with van der Waals surface area (Å²) >= 11 is 0. The van der Waals surface area contributed by atoms with E-state index in [-0.39, 0.29) is 24.5 Å². The third kappa shape index (κ3) is 6.84. The first-order chi connectivity index (χ1) is 14.9. The molecule has 0 spiro atoms. The van der Waals surface area contributed by atoms with Crippen LogP contribution >= 0.6 is 0 Å². The smallest absolute Gasteiger partial charge is 0.330 e. The van der Waals surface area contributed by atoms with Crippen molar-refractivity contribution in [1.82, 2.24) is 10.6 Å². The van der Waals surface area contributed by atoms with Gasteiger partial charge in [0.05, 0.1) is 0 Å². The van der Waals surface area contributed by atoms with Crippen LogP contribution in [0.4, 0.5) is 0 Å². The van der Waals surface area contributed by atoms with E-state index in [1.165, 1.54) is 0 Å². The Morgan fingerprint density at radius 1 is 0.968 bits per heavy atom. The molecule has 1 fully saturated rings. The maximum absolute atomic E-state index is 12.9. The van der Waals surface area contributed by atoms with Crippen LogP contribution in [-0.2, 0) is 19.1 Å². The molecule has 0 bridgehead atoms. The average Bonchev–Trinajstić information content (AvgIpc) is 3.59. The highest BCUT2D eigenvalue weighted by Gasteiger charge is 2.34. The maximum atomic E-state index is 12.9. The summed E-state index contributed by atoms with van der Waals surface area (Å²) in [6.07, 6.45) is 0.772. The van der Waals surface area contributed by atoms with Gasteiger partial charge in [0, 0.05) is 11.6 Å². The molecule has 0 radical (unpaired) electrons. The van der Waals surface area contributed by atoms with E-state index >= 15 is 0 Å². The molecule has 3 rings (SSSR count). The third-order valence-electron chi connectivity index (χ3n) is 4.85. The number of carbonyl (C=O) groups excluding carboxylic acids is 3. The lowest BCUT2D eigenvalue weighted by atomic mass is 10.0. The number of carbonyl (C=O) groups is 3. The summed E-state index contributed by atoms with van der Waals surface area (Å²) in [7, 11) is 0. The molecule has 2 aromatic carbocycles. The highest BCUT2D eigenvalue weighted by atomic mass is 16.5. The Morgan fingerprint density at radius 2 is 1.58 bits per heavy atom. The van der Waals surface area contributed by atoms with E-state index in [4.69, 9.17) is 9.47 Å². The second kappa shape index (κ2) is 10.6. The summed E-state index contributed by atoms with van der Waals surface area (Å²) < 4.78 is 11.0. The normalized spacial score (nSPS) is 14.9. The van der Waals surface area contributed by atoms with Crippen LogP contribution in [0.3, 0.4) is 0 Å². The second-order valence-electron chi connectivity index (χ2n) is 7.90. The van der Waals surface area contributed by atoms with Crippen molar-refractivity contribution in [3.8, 4) is 5.75 Å². The number of ether oxygens (including phenoxy) is 2. The van der Waals surface area contributed by atoms with E-state index in [0.29, 0.717) is 11.3 Å². The summed E-state index contributed by atoms with van der Waals surface area (Å²) in [6.45, 7) is 3.36. The SMILES string of the molecule is CC(C)[C@H](NC(=O)COc1ccccc1)C(=O)O[C@@H](C(=O)NC1CC1)c1ccccc1. The fourth-order valence-corrected chi connectivity index (χ4v) is 2.97. The van der Waals surface area contributed by atoms with Gasteiger partial charge in [0.1, 0.15) is 11.8 Å². The van der Waals surface area contributed by atoms with Crippen molar-refractivity contribution in [2.24, 2.45) is 5.92 Å². The van der Waals surface area contributed by atoms with Gasteiger partial charge in [-0.1, -0.05) is 62.4 Å². The Morgan fingerprint density at radius 3 is 2.16 bits per heavy atom. The summed E-state index contributed by atoms with van der Waals surface area (Å²) in [4.78, 5) is 38.0. The second-order valence-corrected chi connectivity index (χ2v) is 7.90. The number of hydrogen-bond acceptors (Lipinski definition) is 5. The lowest BCUT2D eigenvalue weighted by molar-refractivity contribution is -0.160. The zero-order valence-electron chi connectivity index (χ0n) is 17.7. The number of amides is 2. The van der Waals surface area contributed by atoms with Crippen molar-refractivity contribution in [2.75, 3.05) is 6.61 Å². The van der Waals surface area contributed by atoms with Gasteiger partial charge in [-0.05, 0) is 30.9 Å². The van der Waals surface area contributed by atoms with Crippen molar-refractivity contribution in [3.63, 3.8) is 0 Å².